The largest absolute Gasteiger partial charge is 0.481 e. The number of carboxylic acids is 1. The lowest BCUT2D eigenvalue weighted by Crippen LogP contribution is -2.60. The molecule has 2 aliphatic heterocycles. The normalized spacial score (nSPS) is 27.2. The molecular weight excluding hydrogens is 230 g/mol. The van der Waals surface area contributed by atoms with E-state index in [4.69, 9.17) is 0 Å². The van der Waals surface area contributed by atoms with Crippen molar-refractivity contribution >= 4 is 5.97 Å². The van der Waals surface area contributed by atoms with Crippen LogP contribution >= 0.6 is 0 Å². The predicted octanol–water partition coefficient (Wildman–Crippen LogP) is 0.173. The molecule has 0 saturated carbocycles. The van der Waals surface area contributed by atoms with Crippen molar-refractivity contribution in [3.63, 3.8) is 0 Å². The average Bonchev–Trinajstić information content (AvgIpc) is 2.33. The van der Waals surface area contributed by atoms with Gasteiger partial charge in [0.1, 0.15) is 0 Å². The monoisotopic (exact) mass is 255 g/mol. The Labute approximate surface area is 109 Å². The molecule has 5 heteroatoms. The Bertz CT molecular complexity index is 293. The van der Waals surface area contributed by atoms with Gasteiger partial charge < -0.3 is 14.9 Å². The lowest BCUT2D eigenvalue weighted by atomic mass is 9.82. The summed E-state index contributed by atoms with van der Waals surface area (Å²) in [6.45, 7) is 6.15. The molecule has 2 fully saturated rings. The van der Waals surface area contributed by atoms with Crippen molar-refractivity contribution in [3.05, 3.63) is 0 Å². The summed E-state index contributed by atoms with van der Waals surface area (Å²) < 4.78 is 0. The number of nitrogens with zero attached hydrogens (tertiary/aromatic N) is 3. The summed E-state index contributed by atoms with van der Waals surface area (Å²) in [7, 11) is 4.25. The zero-order valence-electron chi connectivity index (χ0n) is 11.6. The number of rotatable bonds is 3. The SMILES string of the molecule is CN1CCN(C2(CC(=O)O)CCN(C)CC2)CC1. The number of carboxylic acid groups (broad SMARTS) is 1. The van der Waals surface area contributed by atoms with Crippen molar-refractivity contribution in [3.8, 4) is 0 Å². The van der Waals surface area contributed by atoms with E-state index in [2.05, 4.69) is 28.8 Å². The number of hydrogen-bond acceptors (Lipinski definition) is 4. The van der Waals surface area contributed by atoms with E-state index < -0.39 is 5.97 Å². The molecule has 0 aliphatic carbocycles. The molecule has 0 amide bonds. The van der Waals surface area contributed by atoms with Crippen LogP contribution < -0.4 is 0 Å². The summed E-state index contributed by atoms with van der Waals surface area (Å²) in [5, 5.41) is 9.23. The fourth-order valence-electron chi connectivity index (χ4n) is 3.20. The Balaban J connectivity index is 2.07. The molecular formula is C13H25N3O2. The number of piperidine rings is 1. The van der Waals surface area contributed by atoms with Crippen LogP contribution in [0.1, 0.15) is 19.3 Å². The molecule has 0 spiro atoms. The number of piperazine rings is 1. The van der Waals surface area contributed by atoms with Crippen LogP contribution in [0.5, 0.6) is 0 Å². The van der Waals surface area contributed by atoms with E-state index in [0.717, 1.165) is 52.1 Å². The predicted molar refractivity (Wildman–Crippen MR) is 70.8 cm³/mol. The maximum absolute atomic E-state index is 11.2. The van der Waals surface area contributed by atoms with Crippen molar-refractivity contribution in [1.82, 2.24) is 14.7 Å². The lowest BCUT2D eigenvalue weighted by molar-refractivity contribution is -0.142. The Hall–Kier alpha value is -0.650. The molecule has 5 nitrogen and oxygen atoms in total. The topological polar surface area (TPSA) is 47.0 Å². The minimum Gasteiger partial charge on any atom is -0.481 e. The molecule has 18 heavy (non-hydrogen) atoms. The van der Waals surface area contributed by atoms with Gasteiger partial charge in [0.05, 0.1) is 6.42 Å². The molecule has 0 aromatic heterocycles. The van der Waals surface area contributed by atoms with Gasteiger partial charge in [-0.15, -0.1) is 0 Å². The molecule has 2 aliphatic rings. The van der Waals surface area contributed by atoms with Gasteiger partial charge in [0.2, 0.25) is 0 Å². The minimum absolute atomic E-state index is 0.0976. The van der Waals surface area contributed by atoms with E-state index in [1.165, 1.54) is 0 Å². The van der Waals surface area contributed by atoms with Crippen molar-refractivity contribution < 1.29 is 9.90 Å². The quantitative estimate of drug-likeness (QED) is 0.779. The fraction of sp³-hybridized carbons (Fsp3) is 0.923. The molecule has 2 heterocycles. The summed E-state index contributed by atoms with van der Waals surface area (Å²) in [5.74, 6) is -0.654. The van der Waals surface area contributed by atoms with Crippen LogP contribution in [0, 0.1) is 0 Å². The maximum atomic E-state index is 11.2. The van der Waals surface area contributed by atoms with Gasteiger partial charge in [-0.25, -0.2) is 0 Å². The first-order chi connectivity index (χ1) is 8.52. The van der Waals surface area contributed by atoms with Crippen LogP contribution in [0.15, 0.2) is 0 Å². The molecule has 0 radical (unpaired) electrons. The number of carbonyl (C=O) groups is 1. The Morgan fingerprint density at radius 3 is 2.00 bits per heavy atom. The summed E-state index contributed by atoms with van der Waals surface area (Å²) in [4.78, 5) is 18.3. The summed E-state index contributed by atoms with van der Waals surface area (Å²) >= 11 is 0. The number of aliphatic carboxylic acids is 1. The van der Waals surface area contributed by atoms with Crippen molar-refractivity contribution in [2.24, 2.45) is 0 Å². The standard InChI is InChI=1S/C13H25N3O2/c1-14-5-3-13(4-6-14,11-12(17)18)16-9-7-15(2)8-10-16/h3-11H2,1-2H3,(H,17,18). The lowest BCUT2D eigenvalue weighted by Gasteiger charge is -2.50. The van der Waals surface area contributed by atoms with Crippen molar-refractivity contribution in [2.45, 2.75) is 24.8 Å². The highest BCUT2D eigenvalue weighted by molar-refractivity contribution is 5.68. The fourth-order valence-corrected chi connectivity index (χ4v) is 3.20. The first-order valence-electron chi connectivity index (χ1n) is 6.86. The van der Waals surface area contributed by atoms with Gasteiger partial charge in [-0.3, -0.25) is 9.69 Å². The van der Waals surface area contributed by atoms with Crippen LogP contribution in [-0.4, -0.2) is 84.7 Å². The second-order valence-electron chi connectivity index (χ2n) is 5.89. The van der Waals surface area contributed by atoms with E-state index in [1.54, 1.807) is 0 Å². The smallest absolute Gasteiger partial charge is 0.305 e. The van der Waals surface area contributed by atoms with Gasteiger partial charge in [0, 0.05) is 31.7 Å². The third-order valence-corrected chi connectivity index (χ3v) is 4.57. The van der Waals surface area contributed by atoms with Gasteiger partial charge in [-0.2, -0.15) is 0 Å². The van der Waals surface area contributed by atoms with Gasteiger partial charge in [0.25, 0.3) is 0 Å². The van der Waals surface area contributed by atoms with Crippen LogP contribution in [0.3, 0.4) is 0 Å². The third-order valence-electron chi connectivity index (χ3n) is 4.57. The number of hydrogen-bond donors (Lipinski definition) is 1. The zero-order valence-corrected chi connectivity index (χ0v) is 11.6. The van der Waals surface area contributed by atoms with E-state index in [9.17, 15) is 9.90 Å². The molecule has 2 rings (SSSR count). The molecule has 0 aromatic carbocycles. The highest BCUT2D eigenvalue weighted by atomic mass is 16.4. The zero-order chi connectivity index (χ0) is 13.2. The van der Waals surface area contributed by atoms with E-state index >= 15 is 0 Å². The van der Waals surface area contributed by atoms with Gasteiger partial charge >= 0.3 is 5.97 Å². The van der Waals surface area contributed by atoms with Crippen molar-refractivity contribution in [1.29, 1.82) is 0 Å². The van der Waals surface area contributed by atoms with Crippen LogP contribution in [-0.2, 0) is 4.79 Å². The van der Waals surface area contributed by atoms with E-state index in [-0.39, 0.29) is 5.54 Å². The number of likely N-dealkylation sites (N-methyl/N-ethyl adjacent to an activating group) is 1. The highest BCUT2D eigenvalue weighted by Crippen LogP contribution is 2.32. The van der Waals surface area contributed by atoms with Crippen LogP contribution in [0.4, 0.5) is 0 Å². The summed E-state index contributed by atoms with van der Waals surface area (Å²) in [5.41, 5.74) is -0.0976. The second-order valence-corrected chi connectivity index (χ2v) is 5.89. The van der Waals surface area contributed by atoms with Gasteiger partial charge in [-0.05, 0) is 40.0 Å². The molecule has 0 aromatic rings. The second kappa shape index (κ2) is 5.55. The Morgan fingerprint density at radius 2 is 1.50 bits per heavy atom. The number of likely N-dealkylation sites (tertiary alicyclic amines) is 1. The molecule has 0 atom stereocenters. The van der Waals surface area contributed by atoms with Crippen molar-refractivity contribution in [2.75, 3.05) is 53.4 Å². The van der Waals surface area contributed by atoms with Gasteiger partial charge in [-0.1, -0.05) is 0 Å². The Morgan fingerprint density at radius 1 is 1.00 bits per heavy atom. The van der Waals surface area contributed by atoms with Gasteiger partial charge in [0.15, 0.2) is 0 Å². The first kappa shape index (κ1) is 13.8. The molecule has 0 bridgehead atoms. The minimum atomic E-state index is -0.654. The molecule has 0 unspecified atom stereocenters. The highest BCUT2D eigenvalue weighted by Gasteiger charge is 2.41. The van der Waals surface area contributed by atoms with Crippen LogP contribution in [0.2, 0.25) is 0 Å². The van der Waals surface area contributed by atoms with E-state index in [0.29, 0.717) is 6.42 Å². The van der Waals surface area contributed by atoms with E-state index in [1.807, 2.05) is 0 Å². The Kier molecular flexibility index (Phi) is 4.25. The molecule has 104 valence electrons. The first-order valence-corrected chi connectivity index (χ1v) is 6.86. The average molecular weight is 255 g/mol. The maximum Gasteiger partial charge on any atom is 0.305 e. The third kappa shape index (κ3) is 3.02. The van der Waals surface area contributed by atoms with Crippen LogP contribution in [0.25, 0.3) is 0 Å². The molecule has 1 N–H and O–H groups in total. The molecule has 2 saturated heterocycles. The summed E-state index contributed by atoms with van der Waals surface area (Å²) in [6.07, 6.45) is 2.27. The summed E-state index contributed by atoms with van der Waals surface area (Å²) in [6, 6.07) is 0.